The number of esters is 1. The molecule has 1 aromatic carbocycles. The van der Waals surface area contributed by atoms with Crippen LogP contribution in [0.1, 0.15) is 32.1 Å². The van der Waals surface area contributed by atoms with E-state index in [9.17, 15) is 4.79 Å². The van der Waals surface area contributed by atoms with E-state index in [1.165, 1.54) is 6.42 Å². The average Bonchev–Trinajstić information content (AvgIpc) is 2.39. The van der Waals surface area contributed by atoms with Gasteiger partial charge in [-0.15, -0.1) is 0 Å². The van der Waals surface area contributed by atoms with Crippen LogP contribution in [-0.4, -0.2) is 18.7 Å². The third-order valence-corrected chi connectivity index (χ3v) is 3.74. The Labute approximate surface area is 121 Å². The molecule has 0 aromatic heterocycles. The largest absolute Gasteiger partial charge is 0.482 e. The van der Waals surface area contributed by atoms with Crippen LogP contribution in [0.4, 0.5) is 0 Å². The summed E-state index contributed by atoms with van der Waals surface area (Å²) in [6.45, 7) is -0.00288. The Morgan fingerprint density at radius 3 is 2.50 bits per heavy atom. The Kier molecular flexibility index (Phi) is 5.28. The van der Waals surface area contributed by atoms with Crippen molar-refractivity contribution in [1.82, 2.24) is 0 Å². The molecule has 98 valence electrons. The lowest BCUT2D eigenvalue weighted by molar-refractivity contribution is -0.152. The second-order valence-corrected chi connectivity index (χ2v) is 5.74. The first kappa shape index (κ1) is 13.6. The maximum Gasteiger partial charge on any atom is 0.344 e. The van der Waals surface area contributed by atoms with Gasteiger partial charge in [-0.1, -0.05) is 6.42 Å². The van der Waals surface area contributed by atoms with Crippen molar-refractivity contribution >= 4 is 28.6 Å². The Hall–Kier alpha value is -0.780. The molecule has 1 fully saturated rings. The summed E-state index contributed by atoms with van der Waals surface area (Å²) in [6.07, 6.45) is 5.68. The first-order chi connectivity index (χ1) is 8.74. The van der Waals surface area contributed by atoms with Crippen molar-refractivity contribution in [3.8, 4) is 5.75 Å². The molecule has 4 heteroatoms. The minimum absolute atomic E-state index is 0.00288. The summed E-state index contributed by atoms with van der Waals surface area (Å²) in [4.78, 5) is 11.6. The summed E-state index contributed by atoms with van der Waals surface area (Å²) in [6, 6.07) is 7.61. The van der Waals surface area contributed by atoms with E-state index >= 15 is 0 Å². The molecule has 0 bridgehead atoms. The molecule has 0 aliphatic heterocycles. The standard InChI is InChI=1S/C14H17IO3/c15-11-6-8-12(9-7-11)17-10-14(16)18-13-4-2-1-3-5-13/h6-9,13H,1-5,10H2. The maximum absolute atomic E-state index is 11.6. The van der Waals surface area contributed by atoms with Crippen LogP contribution in [-0.2, 0) is 9.53 Å². The highest BCUT2D eigenvalue weighted by Crippen LogP contribution is 2.20. The minimum Gasteiger partial charge on any atom is -0.482 e. The fourth-order valence-electron chi connectivity index (χ4n) is 2.08. The van der Waals surface area contributed by atoms with Gasteiger partial charge in [0, 0.05) is 3.57 Å². The lowest BCUT2D eigenvalue weighted by Gasteiger charge is -2.21. The Bertz CT molecular complexity index is 383. The molecular weight excluding hydrogens is 343 g/mol. The zero-order valence-electron chi connectivity index (χ0n) is 10.2. The van der Waals surface area contributed by atoms with Crippen LogP contribution in [0, 0.1) is 3.57 Å². The number of halogens is 1. The molecule has 0 heterocycles. The summed E-state index contributed by atoms with van der Waals surface area (Å²) < 4.78 is 11.9. The molecule has 0 atom stereocenters. The van der Waals surface area contributed by atoms with Crippen molar-refractivity contribution < 1.29 is 14.3 Å². The molecule has 1 aromatic rings. The predicted octanol–water partition coefficient (Wildman–Crippen LogP) is 3.55. The third-order valence-electron chi connectivity index (χ3n) is 3.02. The molecule has 0 spiro atoms. The van der Waals surface area contributed by atoms with Crippen molar-refractivity contribution in [2.45, 2.75) is 38.2 Å². The van der Waals surface area contributed by atoms with E-state index in [0.29, 0.717) is 5.75 Å². The molecular formula is C14H17IO3. The fourth-order valence-corrected chi connectivity index (χ4v) is 2.44. The van der Waals surface area contributed by atoms with Crippen molar-refractivity contribution in [1.29, 1.82) is 0 Å². The van der Waals surface area contributed by atoms with Gasteiger partial charge in [-0.25, -0.2) is 4.79 Å². The lowest BCUT2D eigenvalue weighted by atomic mass is 9.98. The summed E-state index contributed by atoms with van der Waals surface area (Å²) in [5.74, 6) is 0.441. The highest BCUT2D eigenvalue weighted by molar-refractivity contribution is 14.1. The molecule has 3 nitrogen and oxygen atoms in total. The highest BCUT2D eigenvalue weighted by Gasteiger charge is 2.17. The predicted molar refractivity (Wildman–Crippen MR) is 77.6 cm³/mol. The van der Waals surface area contributed by atoms with Gasteiger partial charge in [0.2, 0.25) is 0 Å². The van der Waals surface area contributed by atoms with Crippen LogP contribution >= 0.6 is 22.6 Å². The lowest BCUT2D eigenvalue weighted by Crippen LogP contribution is -2.24. The van der Waals surface area contributed by atoms with Crippen LogP contribution in [0.15, 0.2) is 24.3 Å². The van der Waals surface area contributed by atoms with E-state index in [4.69, 9.17) is 9.47 Å². The monoisotopic (exact) mass is 360 g/mol. The van der Waals surface area contributed by atoms with Gasteiger partial charge in [0.25, 0.3) is 0 Å². The zero-order chi connectivity index (χ0) is 12.8. The Morgan fingerprint density at radius 1 is 1.17 bits per heavy atom. The molecule has 0 N–H and O–H groups in total. The van der Waals surface area contributed by atoms with Crippen LogP contribution in [0.2, 0.25) is 0 Å². The van der Waals surface area contributed by atoms with E-state index < -0.39 is 0 Å². The smallest absolute Gasteiger partial charge is 0.344 e. The van der Waals surface area contributed by atoms with Crippen molar-refractivity contribution in [2.75, 3.05) is 6.61 Å². The van der Waals surface area contributed by atoms with E-state index in [0.717, 1.165) is 29.3 Å². The van der Waals surface area contributed by atoms with Crippen LogP contribution in [0.3, 0.4) is 0 Å². The molecule has 0 radical (unpaired) electrons. The van der Waals surface area contributed by atoms with E-state index in [1.807, 2.05) is 24.3 Å². The second-order valence-electron chi connectivity index (χ2n) is 4.49. The SMILES string of the molecule is O=C(COc1ccc(I)cc1)OC1CCCCC1. The molecule has 1 saturated carbocycles. The molecule has 1 aliphatic rings. The third kappa shape index (κ3) is 4.48. The molecule has 18 heavy (non-hydrogen) atoms. The molecule has 0 saturated heterocycles. The summed E-state index contributed by atoms with van der Waals surface area (Å²) in [5, 5.41) is 0. The van der Waals surface area contributed by atoms with Crippen LogP contribution in [0.25, 0.3) is 0 Å². The molecule has 0 amide bonds. The van der Waals surface area contributed by atoms with Gasteiger partial charge in [-0.3, -0.25) is 0 Å². The molecule has 1 aliphatic carbocycles. The van der Waals surface area contributed by atoms with Gasteiger partial charge in [-0.05, 0) is 72.5 Å². The Balaban J connectivity index is 1.72. The van der Waals surface area contributed by atoms with Gasteiger partial charge < -0.3 is 9.47 Å². The van der Waals surface area contributed by atoms with Crippen molar-refractivity contribution in [3.63, 3.8) is 0 Å². The topological polar surface area (TPSA) is 35.5 Å². The van der Waals surface area contributed by atoms with Gasteiger partial charge in [0.05, 0.1) is 0 Å². The van der Waals surface area contributed by atoms with Gasteiger partial charge in [-0.2, -0.15) is 0 Å². The first-order valence-electron chi connectivity index (χ1n) is 6.32. The highest BCUT2D eigenvalue weighted by atomic mass is 127. The molecule has 0 unspecified atom stereocenters. The van der Waals surface area contributed by atoms with Crippen LogP contribution in [0.5, 0.6) is 5.75 Å². The number of benzene rings is 1. The minimum atomic E-state index is -0.263. The van der Waals surface area contributed by atoms with E-state index in [-0.39, 0.29) is 18.7 Å². The summed E-state index contributed by atoms with van der Waals surface area (Å²) in [7, 11) is 0. The fraction of sp³-hybridized carbons (Fsp3) is 0.500. The van der Waals surface area contributed by atoms with Crippen LogP contribution < -0.4 is 4.74 Å². The van der Waals surface area contributed by atoms with E-state index in [1.54, 1.807) is 0 Å². The average molecular weight is 360 g/mol. The second kappa shape index (κ2) is 6.97. The van der Waals surface area contributed by atoms with E-state index in [2.05, 4.69) is 22.6 Å². The Morgan fingerprint density at radius 2 is 1.83 bits per heavy atom. The normalized spacial score (nSPS) is 16.3. The number of ether oxygens (including phenoxy) is 2. The maximum atomic E-state index is 11.6. The summed E-state index contributed by atoms with van der Waals surface area (Å²) >= 11 is 2.23. The van der Waals surface area contributed by atoms with Gasteiger partial charge in [0.15, 0.2) is 6.61 Å². The number of hydrogen-bond donors (Lipinski definition) is 0. The number of carbonyl (C=O) groups is 1. The number of rotatable bonds is 4. The van der Waals surface area contributed by atoms with Gasteiger partial charge >= 0.3 is 5.97 Å². The van der Waals surface area contributed by atoms with Crippen molar-refractivity contribution in [3.05, 3.63) is 27.8 Å². The molecule has 2 rings (SSSR count). The first-order valence-corrected chi connectivity index (χ1v) is 7.40. The van der Waals surface area contributed by atoms with Gasteiger partial charge in [0.1, 0.15) is 11.9 Å². The quantitative estimate of drug-likeness (QED) is 0.609. The number of carbonyl (C=O) groups excluding carboxylic acids is 1. The van der Waals surface area contributed by atoms with Crippen molar-refractivity contribution in [2.24, 2.45) is 0 Å². The zero-order valence-corrected chi connectivity index (χ0v) is 12.4. The number of hydrogen-bond acceptors (Lipinski definition) is 3. The summed E-state index contributed by atoms with van der Waals surface area (Å²) in [5.41, 5.74) is 0.